The summed E-state index contributed by atoms with van der Waals surface area (Å²) >= 11 is 1.46. The number of ether oxygens (including phenoxy) is 2. The molecule has 4 rings (SSSR count). The van der Waals surface area contributed by atoms with Gasteiger partial charge in [0, 0.05) is 13.1 Å². The fourth-order valence-corrected chi connectivity index (χ4v) is 5.08. The van der Waals surface area contributed by atoms with Crippen molar-refractivity contribution in [1.29, 1.82) is 0 Å². The van der Waals surface area contributed by atoms with E-state index in [-0.39, 0.29) is 23.8 Å². The minimum Gasteiger partial charge on any atom is -0.496 e. The second-order valence-electron chi connectivity index (χ2n) is 7.34. The van der Waals surface area contributed by atoms with Crippen molar-refractivity contribution in [2.45, 2.75) is 31.3 Å². The number of aromatic nitrogens is 1. The zero-order valence-corrected chi connectivity index (χ0v) is 18.0. The van der Waals surface area contributed by atoms with E-state index >= 15 is 0 Å². The standard InChI is InChI=1S/C22H24FN3O3S/c1-26(22-25-15-11-10-13(23)12-19(15)30-22)16-7-4-6-14(16)24-21(27)20-17(28-2)8-5-9-18(20)29-3/h5,8-12,14,16H,4,6-7H2,1-3H3,(H,24,27)/t14-,16-/m0/s1. The van der Waals surface area contributed by atoms with Crippen LogP contribution in [0.1, 0.15) is 29.6 Å². The molecule has 1 N–H and O–H groups in total. The summed E-state index contributed by atoms with van der Waals surface area (Å²) in [4.78, 5) is 19.8. The van der Waals surface area contributed by atoms with Gasteiger partial charge in [0.05, 0.1) is 30.5 Å². The predicted molar refractivity (Wildman–Crippen MR) is 116 cm³/mol. The topological polar surface area (TPSA) is 63.7 Å². The van der Waals surface area contributed by atoms with Crippen molar-refractivity contribution in [1.82, 2.24) is 10.3 Å². The zero-order chi connectivity index (χ0) is 21.3. The molecule has 6 nitrogen and oxygen atoms in total. The maximum Gasteiger partial charge on any atom is 0.259 e. The summed E-state index contributed by atoms with van der Waals surface area (Å²) in [6.45, 7) is 0. The fraction of sp³-hybridized carbons (Fsp3) is 0.364. The maximum absolute atomic E-state index is 13.5. The van der Waals surface area contributed by atoms with Crippen LogP contribution in [0, 0.1) is 5.82 Å². The van der Waals surface area contributed by atoms with Gasteiger partial charge in [-0.3, -0.25) is 4.79 Å². The Labute approximate surface area is 178 Å². The van der Waals surface area contributed by atoms with Gasteiger partial charge < -0.3 is 19.7 Å². The van der Waals surface area contributed by atoms with Crippen LogP contribution in [0.2, 0.25) is 0 Å². The van der Waals surface area contributed by atoms with Crippen molar-refractivity contribution < 1.29 is 18.7 Å². The van der Waals surface area contributed by atoms with E-state index in [2.05, 4.69) is 15.2 Å². The summed E-state index contributed by atoms with van der Waals surface area (Å²) < 4.78 is 25.1. The molecule has 30 heavy (non-hydrogen) atoms. The summed E-state index contributed by atoms with van der Waals surface area (Å²) in [7, 11) is 5.05. The van der Waals surface area contributed by atoms with Crippen molar-refractivity contribution in [3.63, 3.8) is 0 Å². The highest BCUT2D eigenvalue weighted by Gasteiger charge is 2.34. The molecule has 1 aliphatic carbocycles. The average molecular weight is 430 g/mol. The molecule has 1 amide bonds. The number of benzene rings is 2. The molecule has 1 heterocycles. The number of halogens is 1. The third kappa shape index (κ3) is 3.79. The van der Waals surface area contributed by atoms with Crippen LogP contribution in [-0.2, 0) is 0 Å². The van der Waals surface area contributed by atoms with Crippen LogP contribution in [-0.4, -0.2) is 44.2 Å². The van der Waals surface area contributed by atoms with Crippen LogP contribution < -0.4 is 19.7 Å². The van der Waals surface area contributed by atoms with Gasteiger partial charge in [-0.25, -0.2) is 9.37 Å². The van der Waals surface area contributed by atoms with E-state index in [1.165, 1.54) is 37.7 Å². The summed E-state index contributed by atoms with van der Waals surface area (Å²) in [5, 5.41) is 3.98. The zero-order valence-electron chi connectivity index (χ0n) is 17.1. The van der Waals surface area contributed by atoms with Crippen molar-refractivity contribution in [2.75, 3.05) is 26.2 Å². The van der Waals surface area contributed by atoms with Gasteiger partial charge in [-0.1, -0.05) is 17.4 Å². The normalized spacial score (nSPS) is 18.4. The molecule has 1 aliphatic rings. The van der Waals surface area contributed by atoms with E-state index in [1.54, 1.807) is 24.3 Å². The van der Waals surface area contributed by atoms with Crippen molar-refractivity contribution in [3.8, 4) is 11.5 Å². The SMILES string of the molecule is COc1cccc(OC)c1C(=O)N[C@H]1CCC[C@@H]1N(C)c1nc2ccc(F)cc2s1. The monoisotopic (exact) mass is 429 g/mol. The number of anilines is 1. The quantitative estimate of drug-likeness (QED) is 0.635. The summed E-state index contributed by atoms with van der Waals surface area (Å²) in [5.74, 6) is 0.462. The summed E-state index contributed by atoms with van der Waals surface area (Å²) in [6.07, 6.45) is 2.81. The Balaban J connectivity index is 1.55. The van der Waals surface area contributed by atoms with E-state index in [4.69, 9.17) is 9.47 Å². The molecule has 1 aromatic heterocycles. The van der Waals surface area contributed by atoms with Crippen LogP contribution in [0.4, 0.5) is 9.52 Å². The molecule has 1 fully saturated rings. The van der Waals surface area contributed by atoms with Crippen LogP contribution in [0.25, 0.3) is 10.2 Å². The number of nitrogens with zero attached hydrogens (tertiary/aromatic N) is 2. The minimum absolute atomic E-state index is 0.0409. The van der Waals surface area contributed by atoms with E-state index in [0.29, 0.717) is 17.1 Å². The molecular weight excluding hydrogens is 405 g/mol. The Morgan fingerprint density at radius 1 is 1.20 bits per heavy atom. The van der Waals surface area contributed by atoms with E-state index in [0.717, 1.165) is 34.6 Å². The number of hydrogen-bond donors (Lipinski definition) is 1. The summed E-state index contributed by atoms with van der Waals surface area (Å²) in [5.41, 5.74) is 1.17. The van der Waals surface area contributed by atoms with Gasteiger partial charge in [0.1, 0.15) is 22.9 Å². The second-order valence-corrected chi connectivity index (χ2v) is 8.34. The molecule has 0 spiro atoms. The fourth-order valence-electron chi connectivity index (χ4n) is 4.07. The van der Waals surface area contributed by atoms with Crippen molar-refractivity contribution in [3.05, 3.63) is 47.8 Å². The lowest BCUT2D eigenvalue weighted by Crippen LogP contribution is -2.47. The Morgan fingerprint density at radius 3 is 2.63 bits per heavy atom. The summed E-state index contributed by atoms with van der Waals surface area (Å²) in [6, 6.07) is 9.96. The van der Waals surface area contributed by atoms with Crippen molar-refractivity contribution in [2.24, 2.45) is 0 Å². The molecule has 3 aromatic rings. The van der Waals surface area contributed by atoms with Crippen LogP contribution in [0.5, 0.6) is 11.5 Å². The lowest BCUT2D eigenvalue weighted by Gasteiger charge is -2.30. The lowest BCUT2D eigenvalue weighted by molar-refractivity contribution is 0.0928. The van der Waals surface area contributed by atoms with Gasteiger partial charge in [0.15, 0.2) is 5.13 Å². The third-order valence-corrected chi connectivity index (χ3v) is 6.70. The van der Waals surface area contributed by atoms with Crippen LogP contribution >= 0.6 is 11.3 Å². The minimum atomic E-state index is -0.267. The number of hydrogen-bond acceptors (Lipinski definition) is 6. The molecule has 0 bridgehead atoms. The lowest BCUT2D eigenvalue weighted by atomic mass is 10.1. The molecule has 0 aliphatic heterocycles. The van der Waals surface area contributed by atoms with Gasteiger partial charge in [-0.15, -0.1) is 0 Å². The largest absolute Gasteiger partial charge is 0.496 e. The molecule has 0 saturated heterocycles. The Kier molecular flexibility index (Phi) is 5.76. The van der Waals surface area contributed by atoms with Crippen molar-refractivity contribution >= 4 is 32.6 Å². The van der Waals surface area contributed by atoms with E-state index in [1.807, 2.05) is 7.05 Å². The van der Waals surface area contributed by atoms with Crippen LogP contribution in [0.15, 0.2) is 36.4 Å². The first-order valence-electron chi connectivity index (χ1n) is 9.82. The number of amides is 1. The van der Waals surface area contributed by atoms with Crippen LogP contribution in [0.3, 0.4) is 0 Å². The number of rotatable bonds is 6. The molecule has 2 atom stereocenters. The van der Waals surface area contributed by atoms with Gasteiger partial charge in [-0.2, -0.15) is 0 Å². The molecule has 1 saturated carbocycles. The van der Waals surface area contributed by atoms with Gasteiger partial charge in [-0.05, 0) is 49.6 Å². The molecule has 0 radical (unpaired) electrons. The smallest absolute Gasteiger partial charge is 0.259 e. The molecule has 2 aromatic carbocycles. The van der Waals surface area contributed by atoms with E-state index < -0.39 is 0 Å². The maximum atomic E-state index is 13.5. The number of nitrogens with one attached hydrogen (secondary N) is 1. The number of methoxy groups -OCH3 is 2. The Bertz CT molecular complexity index is 1050. The van der Waals surface area contributed by atoms with Gasteiger partial charge in [0.2, 0.25) is 0 Å². The highest BCUT2D eigenvalue weighted by atomic mass is 32.1. The Hall–Kier alpha value is -2.87. The van der Waals surface area contributed by atoms with E-state index in [9.17, 15) is 9.18 Å². The average Bonchev–Trinajstić information content (AvgIpc) is 3.38. The first-order valence-corrected chi connectivity index (χ1v) is 10.6. The molecule has 8 heteroatoms. The number of thiazole rings is 1. The first-order chi connectivity index (χ1) is 14.5. The number of carbonyl (C=O) groups is 1. The number of fused-ring (bicyclic) bond motifs is 1. The second kappa shape index (κ2) is 8.47. The molecule has 158 valence electrons. The molecule has 0 unspecified atom stereocenters. The number of carbonyl (C=O) groups excluding carboxylic acids is 1. The molecular formula is C22H24FN3O3S. The van der Waals surface area contributed by atoms with Gasteiger partial charge >= 0.3 is 0 Å². The Morgan fingerprint density at radius 2 is 1.93 bits per heavy atom. The predicted octanol–water partition coefficient (Wildman–Crippen LogP) is 4.24. The first kappa shape index (κ1) is 20.4. The number of likely N-dealkylation sites (N-methyl/N-ethyl adjacent to an activating group) is 1. The highest BCUT2D eigenvalue weighted by molar-refractivity contribution is 7.22. The van der Waals surface area contributed by atoms with Gasteiger partial charge in [0.25, 0.3) is 5.91 Å². The highest BCUT2D eigenvalue weighted by Crippen LogP contribution is 2.34. The third-order valence-electron chi connectivity index (χ3n) is 5.59.